The van der Waals surface area contributed by atoms with Crippen LogP contribution in [-0.2, 0) is 0 Å². The normalized spacial score (nSPS) is 10.2. The van der Waals surface area contributed by atoms with E-state index in [0.29, 0.717) is 22.8 Å². The van der Waals surface area contributed by atoms with Crippen LogP contribution in [0.15, 0.2) is 34.5 Å². The van der Waals surface area contributed by atoms with Crippen LogP contribution in [0, 0.1) is 12.7 Å². The van der Waals surface area contributed by atoms with Gasteiger partial charge in [-0.25, -0.2) is 9.40 Å². The molecule has 0 amide bonds. The Morgan fingerprint density at radius 3 is 2.58 bits per heavy atom. The Morgan fingerprint density at radius 2 is 2.11 bits per heavy atom. The largest absolute Gasteiger partial charge is 0.360 e. The molecule has 0 N–H and O–H groups in total. The first-order chi connectivity index (χ1) is 8.96. The molecule has 0 saturated carbocycles. The summed E-state index contributed by atoms with van der Waals surface area (Å²) in [6.07, 6.45) is 0. The maximum absolute atomic E-state index is 14.0. The van der Waals surface area contributed by atoms with Gasteiger partial charge in [-0.05, 0) is 31.5 Å². The lowest BCUT2D eigenvalue weighted by Crippen LogP contribution is -2.29. The van der Waals surface area contributed by atoms with Gasteiger partial charge in [0.15, 0.2) is 0 Å². The van der Waals surface area contributed by atoms with Gasteiger partial charge in [-0.2, -0.15) is 8.99 Å². The molecule has 0 aliphatic carbocycles. The Hall–Kier alpha value is -1.56. The van der Waals surface area contributed by atoms with E-state index in [-0.39, 0.29) is 17.8 Å². The van der Waals surface area contributed by atoms with Gasteiger partial charge in [0.05, 0.1) is 12.1 Å². The van der Waals surface area contributed by atoms with E-state index in [1.54, 1.807) is 18.9 Å². The van der Waals surface area contributed by atoms with Crippen molar-refractivity contribution in [3.63, 3.8) is 0 Å². The quantitative estimate of drug-likeness (QED) is 0.582. The number of benzene rings is 1. The van der Waals surface area contributed by atoms with Crippen LogP contribution in [0.3, 0.4) is 0 Å². The number of hydrazone groups is 1. The van der Waals surface area contributed by atoms with E-state index < -0.39 is 5.82 Å². The Bertz CT molecular complexity index is 491. The zero-order chi connectivity index (χ0) is 14.6. The third-order valence-electron chi connectivity index (χ3n) is 2.86. The first kappa shape index (κ1) is 15.5. The molecular weight excluding hydrogens is 268 g/mol. The fourth-order valence-corrected chi connectivity index (χ4v) is 1.87. The summed E-state index contributed by atoms with van der Waals surface area (Å²) in [4.78, 5) is 2.13. The molecule has 3 nitrogen and oxygen atoms in total. The molecule has 6 heteroatoms. The number of hydrogen-bond acceptors (Lipinski definition) is 4. The van der Waals surface area contributed by atoms with Gasteiger partial charge in [0.2, 0.25) is 0 Å². The number of halogens is 2. The molecule has 0 radical (unpaired) electrons. The van der Waals surface area contributed by atoms with Gasteiger partial charge in [0.1, 0.15) is 17.3 Å². The third kappa shape index (κ3) is 3.26. The molecule has 0 aliphatic heterocycles. The Labute approximate surface area is 116 Å². The molecule has 0 saturated heterocycles. The number of aryl methyl sites for hydroxylation is 1. The smallest absolute Gasteiger partial charge is 0.149 e. The molecule has 0 heterocycles. The fraction of sp³-hybridized carbons (Fsp3) is 0.308. The van der Waals surface area contributed by atoms with Crippen LogP contribution in [0.25, 0.3) is 0 Å². The maximum atomic E-state index is 14.0. The van der Waals surface area contributed by atoms with E-state index in [9.17, 15) is 8.28 Å². The number of hydrogen-bond donors (Lipinski definition) is 0. The van der Waals surface area contributed by atoms with Crippen molar-refractivity contribution in [2.75, 3.05) is 18.6 Å². The van der Waals surface area contributed by atoms with Gasteiger partial charge in [-0.3, -0.25) is 0 Å². The molecule has 1 aromatic carbocycles. The van der Waals surface area contributed by atoms with E-state index in [4.69, 9.17) is 0 Å². The summed E-state index contributed by atoms with van der Waals surface area (Å²) >= 11 is 0.0734. The minimum atomic E-state index is -0.492. The predicted molar refractivity (Wildman–Crippen MR) is 77.6 cm³/mol. The van der Waals surface area contributed by atoms with Crippen molar-refractivity contribution < 1.29 is 8.28 Å². The molecule has 104 valence electrons. The van der Waals surface area contributed by atoms with Gasteiger partial charge in [-0.1, -0.05) is 6.58 Å². The minimum Gasteiger partial charge on any atom is -0.360 e. The molecule has 1 aromatic rings. The van der Waals surface area contributed by atoms with Crippen LogP contribution < -0.4 is 5.01 Å². The molecule has 1 rings (SSSR count). The van der Waals surface area contributed by atoms with Crippen molar-refractivity contribution in [1.82, 2.24) is 4.90 Å². The topological polar surface area (TPSA) is 18.8 Å². The van der Waals surface area contributed by atoms with E-state index in [1.165, 1.54) is 17.1 Å². The predicted octanol–water partition coefficient (Wildman–Crippen LogP) is 3.96. The van der Waals surface area contributed by atoms with Crippen molar-refractivity contribution in [1.29, 1.82) is 0 Å². The number of nitrogens with zero attached hydrogens (tertiary/aromatic N) is 3. The second-order valence-corrected chi connectivity index (χ2v) is 4.62. The van der Waals surface area contributed by atoms with Crippen molar-refractivity contribution in [3.05, 3.63) is 35.9 Å². The Balaban J connectivity index is 3.25. The molecule has 0 bridgehead atoms. The lowest BCUT2D eigenvalue weighted by atomic mass is 10.2. The Kier molecular flexibility index (Phi) is 5.35. The standard InChI is InChI=1S/C13H17F2N3S/c1-6-17(5)10(3)18(16-4)12-8-13(19-15)9(2)7-11(12)14/h7-8H,3-4,6H2,1-2,5H3. The summed E-state index contributed by atoms with van der Waals surface area (Å²) < 4.78 is 26.8. The highest BCUT2D eigenvalue weighted by molar-refractivity contribution is 7.94. The average molecular weight is 285 g/mol. The maximum Gasteiger partial charge on any atom is 0.149 e. The van der Waals surface area contributed by atoms with Crippen molar-refractivity contribution in [3.8, 4) is 0 Å². The molecule has 0 aliphatic rings. The zero-order valence-corrected chi connectivity index (χ0v) is 12.1. The highest BCUT2D eigenvalue weighted by Gasteiger charge is 2.18. The average Bonchev–Trinajstić information content (AvgIpc) is 2.40. The molecule has 0 fully saturated rings. The monoisotopic (exact) mass is 285 g/mol. The van der Waals surface area contributed by atoms with E-state index in [1.807, 2.05) is 6.92 Å². The molecule has 0 atom stereocenters. The van der Waals surface area contributed by atoms with Crippen LogP contribution in [0.1, 0.15) is 12.5 Å². The molecule has 0 aromatic heterocycles. The molecule has 0 unspecified atom stereocenters. The number of anilines is 1. The summed E-state index contributed by atoms with van der Waals surface area (Å²) in [7, 11) is 1.80. The second-order valence-electron chi connectivity index (χ2n) is 4.03. The Morgan fingerprint density at radius 1 is 1.47 bits per heavy atom. The third-order valence-corrected chi connectivity index (χ3v) is 3.46. The van der Waals surface area contributed by atoms with Gasteiger partial charge in [0.25, 0.3) is 0 Å². The number of rotatable bonds is 6. The van der Waals surface area contributed by atoms with E-state index in [0.717, 1.165) is 0 Å². The van der Waals surface area contributed by atoms with Gasteiger partial charge in [0, 0.05) is 25.2 Å². The minimum absolute atomic E-state index is 0.0734. The summed E-state index contributed by atoms with van der Waals surface area (Å²) in [5, 5.41) is 5.03. The van der Waals surface area contributed by atoms with Gasteiger partial charge in [-0.15, -0.1) is 0 Å². The van der Waals surface area contributed by atoms with Gasteiger partial charge >= 0.3 is 0 Å². The fourth-order valence-electron chi connectivity index (χ4n) is 1.53. The van der Waals surface area contributed by atoms with E-state index in [2.05, 4.69) is 18.4 Å². The van der Waals surface area contributed by atoms with Crippen molar-refractivity contribution in [2.45, 2.75) is 18.7 Å². The van der Waals surface area contributed by atoms with Crippen LogP contribution in [0.2, 0.25) is 0 Å². The van der Waals surface area contributed by atoms with Gasteiger partial charge < -0.3 is 4.90 Å². The van der Waals surface area contributed by atoms with Crippen molar-refractivity contribution >= 4 is 24.6 Å². The SMILES string of the molecule is C=NN(C(=C)N(C)CC)c1cc(SF)c(C)cc1F. The molecule has 0 spiro atoms. The highest BCUT2D eigenvalue weighted by Crippen LogP contribution is 2.32. The summed E-state index contributed by atoms with van der Waals surface area (Å²) in [6, 6.07) is 2.67. The first-order valence-corrected chi connectivity index (χ1v) is 6.43. The zero-order valence-electron chi connectivity index (χ0n) is 11.3. The van der Waals surface area contributed by atoms with Crippen LogP contribution in [0.5, 0.6) is 0 Å². The lowest BCUT2D eigenvalue weighted by Gasteiger charge is -2.28. The molecular formula is C13H17F2N3S. The summed E-state index contributed by atoms with van der Waals surface area (Å²) in [5.74, 6) is -0.0246. The highest BCUT2D eigenvalue weighted by atomic mass is 32.2. The summed E-state index contributed by atoms with van der Waals surface area (Å²) in [6.45, 7) is 11.5. The molecule has 19 heavy (non-hydrogen) atoms. The van der Waals surface area contributed by atoms with Crippen LogP contribution >= 0.6 is 12.1 Å². The van der Waals surface area contributed by atoms with Crippen LogP contribution in [0.4, 0.5) is 14.0 Å². The summed E-state index contributed by atoms with van der Waals surface area (Å²) in [5.41, 5.74) is 0.665. The van der Waals surface area contributed by atoms with Crippen LogP contribution in [-0.4, -0.2) is 25.2 Å². The van der Waals surface area contributed by atoms with Crippen molar-refractivity contribution in [2.24, 2.45) is 5.10 Å². The second kappa shape index (κ2) is 6.56. The lowest BCUT2D eigenvalue weighted by molar-refractivity contribution is 0.426. The van der Waals surface area contributed by atoms with E-state index >= 15 is 0 Å². The first-order valence-electron chi connectivity index (χ1n) is 5.71.